The number of rotatable bonds is 5. The summed E-state index contributed by atoms with van der Waals surface area (Å²) >= 11 is 7.11. The van der Waals surface area contributed by atoms with Crippen molar-refractivity contribution in [2.24, 2.45) is 0 Å². The Labute approximate surface area is 131 Å². The predicted octanol–water partition coefficient (Wildman–Crippen LogP) is 4.70. The lowest BCUT2D eigenvalue weighted by Gasteiger charge is -2.10. The maximum Gasteiger partial charge on any atom is 0.211 e. The molecule has 2 rings (SSSR count). The second kappa shape index (κ2) is 7.72. The van der Waals surface area contributed by atoms with Gasteiger partial charge in [0.05, 0.1) is 4.58 Å². The molecule has 1 nitrogen and oxygen atoms in total. The number of hydrogen-bond acceptors (Lipinski definition) is 5. The Morgan fingerprint density at radius 3 is 2.84 bits per heavy atom. The van der Waals surface area contributed by atoms with Crippen LogP contribution in [0.25, 0.3) is 0 Å². The first-order chi connectivity index (χ1) is 9.22. The zero-order valence-corrected chi connectivity index (χ0v) is 14.0. The fraction of sp³-hybridized carbons (Fsp3) is 0.357. The fourth-order valence-electron chi connectivity index (χ4n) is 1.71. The molecule has 2 unspecified atom stereocenters. The summed E-state index contributed by atoms with van der Waals surface area (Å²) in [5.74, 6) is 2.01. The van der Waals surface area contributed by atoms with Crippen molar-refractivity contribution in [3.05, 3.63) is 42.5 Å². The number of benzene rings is 1. The van der Waals surface area contributed by atoms with Crippen molar-refractivity contribution in [1.29, 1.82) is 0 Å². The molecule has 19 heavy (non-hydrogen) atoms. The molecule has 2 atom stereocenters. The van der Waals surface area contributed by atoms with Gasteiger partial charge in [-0.2, -0.15) is 0 Å². The van der Waals surface area contributed by atoms with Gasteiger partial charge in [0.25, 0.3) is 0 Å². The van der Waals surface area contributed by atoms with Gasteiger partial charge in [-0.15, -0.1) is 35.3 Å². The minimum Gasteiger partial charge on any atom is -0.282 e. The van der Waals surface area contributed by atoms with Gasteiger partial charge in [-0.05, 0) is 30.0 Å². The minimum absolute atomic E-state index is 0.0818. The molecule has 102 valence electrons. The van der Waals surface area contributed by atoms with Crippen LogP contribution in [-0.2, 0) is 4.79 Å². The molecule has 0 spiro atoms. The molecule has 0 N–H and O–H groups in total. The summed E-state index contributed by atoms with van der Waals surface area (Å²) in [6, 6.07) is 8.82. The lowest BCUT2D eigenvalue weighted by atomic mass is 10.2. The Morgan fingerprint density at radius 1 is 1.47 bits per heavy atom. The summed E-state index contributed by atoms with van der Waals surface area (Å²) in [5, 5.41) is 0.641. The highest BCUT2D eigenvalue weighted by atomic mass is 32.2. The first-order valence-electron chi connectivity index (χ1n) is 5.93. The number of hydrogen-bond donors (Lipinski definition) is 0. The summed E-state index contributed by atoms with van der Waals surface area (Å²) in [6.07, 6.45) is 3.49. The van der Waals surface area contributed by atoms with Gasteiger partial charge in [-0.25, -0.2) is 0 Å². The molecule has 0 aliphatic carbocycles. The summed E-state index contributed by atoms with van der Waals surface area (Å²) in [7, 11) is 0. The van der Waals surface area contributed by atoms with Crippen molar-refractivity contribution in [3.63, 3.8) is 0 Å². The van der Waals surface area contributed by atoms with E-state index in [1.165, 1.54) is 28.3 Å². The van der Waals surface area contributed by atoms with Gasteiger partial charge in [-0.1, -0.05) is 30.5 Å². The summed E-state index contributed by atoms with van der Waals surface area (Å²) in [4.78, 5) is 12.5. The minimum atomic E-state index is 0.0818. The molecule has 1 aromatic carbocycles. The van der Waals surface area contributed by atoms with E-state index in [2.05, 4.69) is 37.1 Å². The van der Waals surface area contributed by atoms with E-state index in [1.54, 1.807) is 11.8 Å². The van der Waals surface area contributed by atoms with Crippen molar-refractivity contribution in [2.75, 3.05) is 17.8 Å². The Balaban J connectivity index is 1.86. The third-order valence-electron chi connectivity index (χ3n) is 2.72. The molecule has 1 aliphatic rings. The van der Waals surface area contributed by atoms with Crippen LogP contribution in [0.3, 0.4) is 0 Å². The molecule has 0 radical (unpaired) electrons. The molecule has 0 amide bonds. The highest BCUT2D eigenvalue weighted by Crippen LogP contribution is 2.50. The van der Waals surface area contributed by atoms with Crippen LogP contribution in [-0.4, -0.2) is 28.1 Å². The van der Waals surface area contributed by atoms with Crippen LogP contribution in [0.15, 0.2) is 41.8 Å². The van der Waals surface area contributed by atoms with E-state index in [9.17, 15) is 4.79 Å². The van der Waals surface area contributed by atoms with Crippen molar-refractivity contribution in [2.45, 2.75) is 14.7 Å². The van der Waals surface area contributed by atoms with Gasteiger partial charge in [0.15, 0.2) is 0 Å². The molecular weight excluding hydrogens is 312 g/mol. The van der Waals surface area contributed by atoms with Crippen molar-refractivity contribution < 1.29 is 4.79 Å². The average molecular weight is 329 g/mol. The molecule has 0 aromatic heterocycles. The lowest BCUT2D eigenvalue weighted by Crippen LogP contribution is -2.06. The van der Waals surface area contributed by atoms with Gasteiger partial charge in [-0.3, -0.25) is 4.79 Å². The van der Waals surface area contributed by atoms with Crippen LogP contribution in [0.1, 0.15) is 10.1 Å². The van der Waals surface area contributed by atoms with Gasteiger partial charge in [0.2, 0.25) is 5.12 Å². The lowest BCUT2D eigenvalue weighted by molar-refractivity contribution is -0.107. The molecule has 1 aromatic rings. The molecule has 5 heteroatoms. The SMILES string of the molecule is C=CC(=O)SCC1CSC(c2ccc(SC)cc2)S1. The molecule has 1 fully saturated rings. The predicted molar refractivity (Wildman–Crippen MR) is 92.5 cm³/mol. The zero-order valence-electron chi connectivity index (χ0n) is 10.7. The maximum absolute atomic E-state index is 11.2. The van der Waals surface area contributed by atoms with Gasteiger partial charge >= 0.3 is 0 Å². The summed E-state index contributed by atoms with van der Waals surface area (Å²) in [5.41, 5.74) is 1.38. The standard InChI is InChI=1S/C14H16OS4/c1-3-13(15)17-8-12-9-18-14(19-12)10-4-6-11(16-2)7-5-10/h3-7,12,14H,1,8-9H2,2H3. The quantitative estimate of drug-likeness (QED) is 0.574. The van der Waals surface area contributed by atoms with Crippen molar-refractivity contribution >= 4 is 52.2 Å². The van der Waals surface area contributed by atoms with E-state index >= 15 is 0 Å². The van der Waals surface area contributed by atoms with Crippen molar-refractivity contribution in [1.82, 2.24) is 0 Å². The van der Waals surface area contributed by atoms with Crippen LogP contribution >= 0.6 is 47.0 Å². The third-order valence-corrected chi connectivity index (χ3v) is 8.05. The second-order valence-electron chi connectivity index (χ2n) is 4.03. The fourth-order valence-corrected chi connectivity index (χ4v) is 6.46. The Kier molecular flexibility index (Phi) is 6.26. The van der Waals surface area contributed by atoms with Crippen molar-refractivity contribution in [3.8, 4) is 0 Å². The Hall–Kier alpha value is 0.0300. The van der Waals surface area contributed by atoms with E-state index in [-0.39, 0.29) is 5.12 Å². The van der Waals surface area contributed by atoms with Gasteiger partial charge < -0.3 is 0 Å². The maximum atomic E-state index is 11.2. The van der Waals surface area contributed by atoms with E-state index in [1.807, 2.05) is 23.5 Å². The van der Waals surface area contributed by atoms with E-state index in [0.29, 0.717) is 9.83 Å². The van der Waals surface area contributed by atoms with Crippen LogP contribution in [0, 0.1) is 0 Å². The first-order valence-corrected chi connectivity index (χ1v) is 10.1. The highest BCUT2D eigenvalue weighted by Gasteiger charge is 2.27. The molecule has 1 heterocycles. The average Bonchev–Trinajstić information content (AvgIpc) is 2.93. The van der Waals surface area contributed by atoms with Crippen LogP contribution < -0.4 is 0 Å². The third kappa shape index (κ3) is 4.52. The van der Waals surface area contributed by atoms with E-state index in [4.69, 9.17) is 0 Å². The molecule has 0 saturated carbocycles. The van der Waals surface area contributed by atoms with Gasteiger partial charge in [0, 0.05) is 21.7 Å². The Bertz CT molecular complexity index is 443. The van der Waals surface area contributed by atoms with E-state index < -0.39 is 0 Å². The van der Waals surface area contributed by atoms with Crippen LogP contribution in [0.5, 0.6) is 0 Å². The highest BCUT2D eigenvalue weighted by molar-refractivity contribution is 8.21. The zero-order chi connectivity index (χ0) is 13.7. The molecule has 1 aliphatic heterocycles. The summed E-state index contributed by atoms with van der Waals surface area (Å²) in [6.45, 7) is 3.50. The topological polar surface area (TPSA) is 17.1 Å². The number of carbonyl (C=O) groups is 1. The first kappa shape index (κ1) is 15.4. The van der Waals surface area contributed by atoms with E-state index in [0.717, 1.165) is 11.5 Å². The molecule has 1 saturated heterocycles. The summed E-state index contributed by atoms with van der Waals surface area (Å²) < 4.78 is 0.514. The largest absolute Gasteiger partial charge is 0.282 e. The van der Waals surface area contributed by atoms with Crippen LogP contribution in [0.2, 0.25) is 0 Å². The molecular formula is C14H16OS4. The van der Waals surface area contributed by atoms with Gasteiger partial charge in [0.1, 0.15) is 0 Å². The normalized spacial score (nSPS) is 22.4. The number of thioether (sulfide) groups is 4. The van der Waals surface area contributed by atoms with Crippen LogP contribution in [0.4, 0.5) is 0 Å². The number of carbonyl (C=O) groups excluding carboxylic acids is 1. The smallest absolute Gasteiger partial charge is 0.211 e. The molecule has 0 bridgehead atoms. The second-order valence-corrected chi connectivity index (χ2v) is 8.78. The monoisotopic (exact) mass is 328 g/mol. The Morgan fingerprint density at radius 2 is 2.21 bits per heavy atom.